The molecule has 0 fully saturated rings. The maximum absolute atomic E-state index is 13.3. The molecule has 0 aromatic carbocycles. The van der Waals surface area contributed by atoms with Gasteiger partial charge in [0.05, 0.1) is 6.04 Å². The fourth-order valence-electron chi connectivity index (χ4n) is 6.52. The highest BCUT2D eigenvalue weighted by Crippen LogP contribution is 2.14. The molecule has 0 aromatic rings. The van der Waals surface area contributed by atoms with Crippen LogP contribution in [0, 0.1) is 0 Å². The van der Waals surface area contributed by atoms with Crippen LogP contribution in [0.3, 0.4) is 0 Å². The van der Waals surface area contributed by atoms with Gasteiger partial charge < -0.3 is 31.9 Å². The van der Waals surface area contributed by atoms with Gasteiger partial charge in [-0.1, -0.05) is 123 Å². The fourth-order valence-corrected chi connectivity index (χ4v) is 6.52. The van der Waals surface area contributed by atoms with E-state index in [0.29, 0.717) is 51.9 Å². The maximum atomic E-state index is 13.3. The Morgan fingerprint density at radius 1 is 0.520 bits per heavy atom. The predicted molar refractivity (Wildman–Crippen MR) is 213 cm³/mol. The number of rotatable bonds is 38. The predicted octanol–water partition coefficient (Wildman–Crippen LogP) is 7.84. The van der Waals surface area contributed by atoms with E-state index in [0.717, 1.165) is 77.4 Å². The van der Waals surface area contributed by atoms with Crippen LogP contribution in [0.1, 0.15) is 187 Å². The van der Waals surface area contributed by atoms with Gasteiger partial charge in [0.2, 0.25) is 17.7 Å². The van der Waals surface area contributed by atoms with Crippen LogP contribution in [-0.4, -0.2) is 86.4 Å². The number of carbonyl (C=O) groups is 3. The molecule has 9 nitrogen and oxygen atoms in total. The van der Waals surface area contributed by atoms with Crippen LogP contribution >= 0.6 is 0 Å². The van der Waals surface area contributed by atoms with Crippen LogP contribution < -0.4 is 22.1 Å². The number of carbonyl (C=O) groups excluding carboxylic acids is 3. The first-order chi connectivity index (χ1) is 24.4. The zero-order chi connectivity index (χ0) is 36.9. The molecular weight excluding hydrogens is 624 g/mol. The van der Waals surface area contributed by atoms with E-state index in [9.17, 15) is 14.4 Å². The van der Waals surface area contributed by atoms with Gasteiger partial charge in [-0.2, -0.15) is 0 Å². The van der Waals surface area contributed by atoms with Crippen molar-refractivity contribution in [2.45, 2.75) is 193 Å². The highest BCUT2D eigenvalue weighted by atomic mass is 16.2. The average Bonchev–Trinajstić information content (AvgIpc) is 3.11. The van der Waals surface area contributed by atoms with Gasteiger partial charge in [0.15, 0.2) is 0 Å². The van der Waals surface area contributed by atoms with Gasteiger partial charge in [0.25, 0.3) is 0 Å². The summed E-state index contributed by atoms with van der Waals surface area (Å²) in [6.45, 7) is 9.38. The number of nitrogens with two attached hydrogens (primary N) is 2. The summed E-state index contributed by atoms with van der Waals surface area (Å²) >= 11 is 0. The first-order valence-corrected chi connectivity index (χ1v) is 21.3. The number of nitrogens with one attached hydrogen (secondary N) is 2. The molecule has 0 aliphatic heterocycles. The smallest absolute Gasteiger partial charge is 0.236 e. The lowest BCUT2D eigenvalue weighted by atomic mass is 10.1. The average molecular weight is 709 g/mol. The molecule has 0 unspecified atom stereocenters. The Bertz CT molecular complexity index is 783. The van der Waals surface area contributed by atoms with Crippen molar-refractivity contribution < 1.29 is 14.4 Å². The van der Waals surface area contributed by atoms with E-state index in [1.54, 1.807) is 0 Å². The molecule has 0 aromatic heterocycles. The maximum Gasteiger partial charge on any atom is 0.236 e. The van der Waals surface area contributed by atoms with Crippen molar-refractivity contribution >= 4 is 17.7 Å². The Morgan fingerprint density at radius 2 is 0.920 bits per heavy atom. The molecule has 0 rings (SSSR count). The first kappa shape index (κ1) is 48.3. The van der Waals surface area contributed by atoms with Crippen molar-refractivity contribution in [2.24, 2.45) is 11.5 Å². The molecule has 6 N–H and O–H groups in total. The number of hydrogen-bond donors (Lipinski definition) is 4. The zero-order valence-corrected chi connectivity index (χ0v) is 33.4. The lowest BCUT2D eigenvalue weighted by Gasteiger charge is -2.25. The Hall–Kier alpha value is -1.71. The third-order valence-electron chi connectivity index (χ3n) is 9.86. The minimum Gasteiger partial charge on any atom is -0.355 e. The summed E-state index contributed by atoms with van der Waals surface area (Å²) in [7, 11) is 1.96. The number of nitrogens with zero attached hydrogens (tertiary/aromatic N) is 2. The van der Waals surface area contributed by atoms with Crippen LogP contribution in [0.2, 0.25) is 0 Å². The van der Waals surface area contributed by atoms with Crippen molar-refractivity contribution in [1.29, 1.82) is 0 Å². The Morgan fingerprint density at radius 3 is 1.34 bits per heavy atom. The second kappa shape index (κ2) is 37.1. The first-order valence-electron chi connectivity index (χ1n) is 21.3. The quantitative estimate of drug-likeness (QED) is 0.0483. The van der Waals surface area contributed by atoms with Crippen LogP contribution in [0.4, 0.5) is 0 Å². The number of amides is 3. The topological polar surface area (TPSA) is 134 Å². The molecule has 1 atom stereocenters. The van der Waals surface area contributed by atoms with E-state index in [-0.39, 0.29) is 17.7 Å². The molecule has 50 heavy (non-hydrogen) atoms. The molecule has 0 bridgehead atoms. The van der Waals surface area contributed by atoms with Gasteiger partial charge in [-0.25, -0.2) is 0 Å². The third-order valence-corrected chi connectivity index (χ3v) is 9.86. The van der Waals surface area contributed by atoms with E-state index in [4.69, 9.17) is 11.5 Å². The van der Waals surface area contributed by atoms with Crippen LogP contribution in [0.15, 0.2) is 0 Å². The molecule has 0 saturated carbocycles. The molecular formula is C41H84N6O3. The summed E-state index contributed by atoms with van der Waals surface area (Å²) in [4.78, 5) is 43.0. The van der Waals surface area contributed by atoms with Crippen molar-refractivity contribution in [3.05, 3.63) is 0 Å². The summed E-state index contributed by atoms with van der Waals surface area (Å²) in [5.74, 6) is 0.365. The van der Waals surface area contributed by atoms with Gasteiger partial charge >= 0.3 is 0 Å². The van der Waals surface area contributed by atoms with Crippen molar-refractivity contribution in [2.75, 3.05) is 52.9 Å². The van der Waals surface area contributed by atoms with Gasteiger partial charge in [-0.3, -0.25) is 14.4 Å². The molecule has 0 radical (unpaired) electrons. The summed E-state index contributed by atoms with van der Waals surface area (Å²) in [5, 5.41) is 6.17. The fraction of sp³-hybridized carbons (Fsp3) is 0.927. The Balaban J connectivity index is 4.80. The van der Waals surface area contributed by atoms with Gasteiger partial charge in [-0.05, 0) is 71.5 Å². The molecule has 3 amide bonds. The largest absolute Gasteiger partial charge is 0.355 e. The van der Waals surface area contributed by atoms with Crippen LogP contribution in [0.5, 0.6) is 0 Å². The number of unbranched alkanes of at least 4 members (excludes halogenated alkanes) is 18. The molecule has 0 spiro atoms. The van der Waals surface area contributed by atoms with E-state index in [2.05, 4.69) is 29.4 Å². The summed E-state index contributed by atoms with van der Waals surface area (Å²) in [6.07, 6.45) is 29.4. The standard InChI is InChI=1S/C41H84N6O3/c1-4-6-8-10-12-14-16-18-20-29-39(48)46(36-26-32-44-3)34-24-25-35-47(37-27-33-45-41(50)38(43)28-22-23-31-42)40(49)30-21-19-17-15-13-11-9-7-5-2/h38,44H,4-37,42-43H2,1-3H3,(H,45,50)/t38-/m0/s1. The van der Waals surface area contributed by atoms with E-state index < -0.39 is 6.04 Å². The lowest BCUT2D eigenvalue weighted by Crippen LogP contribution is -2.42. The van der Waals surface area contributed by atoms with Gasteiger partial charge in [0, 0.05) is 45.6 Å². The van der Waals surface area contributed by atoms with Crippen LogP contribution in [0.25, 0.3) is 0 Å². The zero-order valence-electron chi connectivity index (χ0n) is 33.4. The van der Waals surface area contributed by atoms with Crippen molar-refractivity contribution in [1.82, 2.24) is 20.4 Å². The molecule has 0 saturated heterocycles. The van der Waals surface area contributed by atoms with Crippen molar-refractivity contribution in [3.63, 3.8) is 0 Å². The second-order valence-corrected chi connectivity index (χ2v) is 14.6. The molecule has 0 aliphatic rings. The molecule has 296 valence electrons. The summed E-state index contributed by atoms with van der Waals surface area (Å²) in [6, 6.07) is -0.509. The van der Waals surface area contributed by atoms with E-state index in [1.807, 2.05) is 11.9 Å². The highest BCUT2D eigenvalue weighted by Gasteiger charge is 2.17. The van der Waals surface area contributed by atoms with Gasteiger partial charge in [0.1, 0.15) is 0 Å². The Kier molecular flexibility index (Phi) is 35.8. The summed E-state index contributed by atoms with van der Waals surface area (Å²) in [5.41, 5.74) is 11.6. The van der Waals surface area contributed by atoms with Gasteiger partial charge in [-0.15, -0.1) is 0 Å². The van der Waals surface area contributed by atoms with E-state index >= 15 is 0 Å². The normalized spacial score (nSPS) is 11.9. The van der Waals surface area contributed by atoms with Crippen LogP contribution in [-0.2, 0) is 14.4 Å². The number of hydrogen-bond acceptors (Lipinski definition) is 6. The molecule has 0 aliphatic carbocycles. The van der Waals surface area contributed by atoms with E-state index in [1.165, 1.54) is 89.9 Å². The SMILES string of the molecule is CCCCCCCCCCCC(=O)N(CCCCN(CCCNC(=O)[C@@H](N)CCCCN)C(=O)CCCCCCCCCCC)CCCNC. The third kappa shape index (κ3) is 30.0. The monoisotopic (exact) mass is 709 g/mol. The summed E-state index contributed by atoms with van der Waals surface area (Å²) < 4.78 is 0. The minimum atomic E-state index is -0.509. The molecule has 0 heterocycles. The second-order valence-electron chi connectivity index (χ2n) is 14.6. The molecule has 9 heteroatoms. The lowest BCUT2D eigenvalue weighted by molar-refractivity contribution is -0.133. The highest BCUT2D eigenvalue weighted by molar-refractivity contribution is 5.81. The Labute approximate surface area is 309 Å². The minimum absolute atomic E-state index is 0.125. The van der Waals surface area contributed by atoms with Crippen molar-refractivity contribution in [3.8, 4) is 0 Å².